The van der Waals surface area contributed by atoms with Crippen LogP contribution in [0.1, 0.15) is 23.2 Å². The van der Waals surface area contributed by atoms with E-state index < -0.39 is 0 Å². The molecule has 1 atom stereocenters. The van der Waals surface area contributed by atoms with Gasteiger partial charge in [0.05, 0.1) is 11.7 Å². The summed E-state index contributed by atoms with van der Waals surface area (Å²) in [5.41, 5.74) is 1.04. The van der Waals surface area contributed by atoms with Crippen LogP contribution in [0.15, 0.2) is 42.9 Å². The maximum atomic E-state index is 12.1. The van der Waals surface area contributed by atoms with Crippen molar-refractivity contribution in [3.05, 3.63) is 48.4 Å². The van der Waals surface area contributed by atoms with Crippen LogP contribution in [0.5, 0.6) is 5.75 Å². The first-order chi connectivity index (χ1) is 12.3. The summed E-state index contributed by atoms with van der Waals surface area (Å²) < 4.78 is 12.9. The second kappa shape index (κ2) is 6.86. The van der Waals surface area contributed by atoms with E-state index in [2.05, 4.69) is 20.4 Å². The van der Waals surface area contributed by atoms with E-state index >= 15 is 0 Å². The van der Waals surface area contributed by atoms with Gasteiger partial charge in [-0.2, -0.15) is 4.98 Å². The summed E-state index contributed by atoms with van der Waals surface area (Å²) >= 11 is 0. The average molecular weight is 339 g/mol. The highest BCUT2D eigenvalue weighted by Crippen LogP contribution is 2.18. The Morgan fingerprint density at radius 1 is 1.44 bits per heavy atom. The van der Waals surface area contributed by atoms with Gasteiger partial charge in [0, 0.05) is 31.3 Å². The number of carbonyl (C=O) groups is 1. The van der Waals surface area contributed by atoms with Crippen molar-refractivity contribution in [1.82, 2.24) is 19.6 Å². The molecule has 1 aliphatic rings. The molecule has 8 heteroatoms. The standard InChI is InChI=1S/C17H17N5O3/c23-16(12-3-1-6-18-10-12)20-17-19-15-9-13(5-7-22(15)21-17)25-11-14-4-2-8-24-14/h1,3,5-7,9-10,14H,2,4,8,11H2,(H,20,21,23). The number of ether oxygens (including phenoxy) is 2. The number of pyridine rings is 2. The third-order valence-corrected chi connectivity index (χ3v) is 3.92. The summed E-state index contributed by atoms with van der Waals surface area (Å²) in [5, 5.41) is 6.89. The minimum absolute atomic E-state index is 0.156. The molecule has 0 aliphatic carbocycles. The lowest BCUT2D eigenvalue weighted by atomic mass is 10.2. The highest BCUT2D eigenvalue weighted by molar-refractivity contribution is 6.03. The van der Waals surface area contributed by atoms with Crippen molar-refractivity contribution < 1.29 is 14.3 Å². The van der Waals surface area contributed by atoms with E-state index in [1.165, 1.54) is 6.20 Å². The van der Waals surface area contributed by atoms with Gasteiger partial charge in [-0.3, -0.25) is 15.1 Å². The smallest absolute Gasteiger partial charge is 0.259 e. The lowest BCUT2D eigenvalue weighted by molar-refractivity contribution is 0.0679. The zero-order valence-corrected chi connectivity index (χ0v) is 13.5. The van der Waals surface area contributed by atoms with Gasteiger partial charge < -0.3 is 9.47 Å². The maximum absolute atomic E-state index is 12.1. The molecule has 0 aromatic carbocycles. The Morgan fingerprint density at radius 2 is 2.40 bits per heavy atom. The van der Waals surface area contributed by atoms with Crippen molar-refractivity contribution in [2.75, 3.05) is 18.5 Å². The van der Waals surface area contributed by atoms with Gasteiger partial charge in [-0.05, 0) is 31.0 Å². The quantitative estimate of drug-likeness (QED) is 0.764. The van der Waals surface area contributed by atoms with Gasteiger partial charge in [-0.25, -0.2) is 4.52 Å². The van der Waals surface area contributed by atoms with Crippen LogP contribution in [0.25, 0.3) is 5.65 Å². The topological polar surface area (TPSA) is 90.6 Å². The molecule has 1 saturated heterocycles. The van der Waals surface area contributed by atoms with Gasteiger partial charge in [-0.15, -0.1) is 5.10 Å². The molecule has 8 nitrogen and oxygen atoms in total. The number of nitrogens with one attached hydrogen (secondary N) is 1. The van der Waals surface area contributed by atoms with Gasteiger partial charge in [0.2, 0.25) is 5.95 Å². The van der Waals surface area contributed by atoms with Crippen molar-refractivity contribution in [1.29, 1.82) is 0 Å². The molecule has 0 spiro atoms. The molecule has 4 heterocycles. The van der Waals surface area contributed by atoms with Crippen LogP contribution >= 0.6 is 0 Å². The van der Waals surface area contributed by atoms with E-state index in [4.69, 9.17) is 9.47 Å². The summed E-state index contributed by atoms with van der Waals surface area (Å²) in [6.45, 7) is 1.33. The fourth-order valence-electron chi connectivity index (χ4n) is 2.64. The van der Waals surface area contributed by atoms with Crippen molar-refractivity contribution in [2.24, 2.45) is 0 Å². The van der Waals surface area contributed by atoms with Gasteiger partial charge in [0.15, 0.2) is 5.65 Å². The number of anilines is 1. The summed E-state index contributed by atoms with van der Waals surface area (Å²) in [7, 11) is 0. The van der Waals surface area contributed by atoms with Gasteiger partial charge >= 0.3 is 0 Å². The van der Waals surface area contributed by atoms with Gasteiger partial charge in [0.1, 0.15) is 12.4 Å². The molecule has 1 aliphatic heterocycles. The molecule has 1 unspecified atom stereocenters. The molecule has 0 saturated carbocycles. The number of nitrogens with zero attached hydrogens (tertiary/aromatic N) is 4. The summed E-state index contributed by atoms with van der Waals surface area (Å²) in [4.78, 5) is 20.4. The summed E-state index contributed by atoms with van der Waals surface area (Å²) in [5.74, 6) is 0.615. The number of hydrogen-bond donors (Lipinski definition) is 1. The van der Waals surface area contributed by atoms with Crippen molar-refractivity contribution in [2.45, 2.75) is 18.9 Å². The van der Waals surface area contributed by atoms with Crippen LogP contribution in [-0.2, 0) is 4.74 Å². The molecular weight excluding hydrogens is 322 g/mol. The first-order valence-electron chi connectivity index (χ1n) is 8.10. The van der Waals surface area contributed by atoms with E-state index in [1.807, 2.05) is 6.07 Å². The molecule has 1 N–H and O–H groups in total. The minimum Gasteiger partial charge on any atom is -0.491 e. The Kier molecular flexibility index (Phi) is 4.26. The zero-order valence-electron chi connectivity index (χ0n) is 13.5. The fourth-order valence-corrected chi connectivity index (χ4v) is 2.64. The van der Waals surface area contributed by atoms with E-state index in [0.717, 1.165) is 19.4 Å². The van der Waals surface area contributed by atoms with E-state index in [0.29, 0.717) is 23.6 Å². The largest absolute Gasteiger partial charge is 0.491 e. The monoisotopic (exact) mass is 339 g/mol. The number of amides is 1. The summed E-state index contributed by atoms with van der Waals surface area (Å²) in [6.07, 6.45) is 7.10. The van der Waals surface area contributed by atoms with E-state index in [-0.39, 0.29) is 18.0 Å². The second-order valence-corrected chi connectivity index (χ2v) is 5.74. The Morgan fingerprint density at radius 3 is 3.20 bits per heavy atom. The molecule has 0 radical (unpaired) electrons. The van der Waals surface area contributed by atoms with Crippen LogP contribution in [-0.4, -0.2) is 44.8 Å². The minimum atomic E-state index is -0.307. The Bertz CT molecular complexity index is 874. The molecule has 1 fully saturated rings. The third kappa shape index (κ3) is 3.58. The molecule has 128 valence electrons. The van der Waals surface area contributed by atoms with Crippen molar-refractivity contribution in [3.8, 4) is 5.75 Å². The van der Waals surface area contributed by atoms with E-state index in [1.54, 1.807) is 35.1 Å². The Labute approximate surface area is 143 Å². The highest BCUT2D eigenvalue weighted by atomic mass is 16.5. The third-order valence-electron chi connectivity index (χ3n) is 3.92. The molecule has 4 rings (SSSR count). The maximum Gasteiger partial charge on any atom is 0.259 e. The number of rotatable bonds is 5. The lowest BCUT2D eigenvalue weighted by Crippen LogP contribution is -2.16. The summed E-state index contributed by atoms with van der Waals surface area (Å²) in [6, 6.07) is 6.96. The molecule has 3 aromatic heterocycles. The molecule has 3 aromatic rings. The van der Waals surface area contributed by atoms with E-state index in [9.17, 15) is 4.79 Å². The van der Waals surface area contributed by atoms with Crippen LogP contribution in [0.3, 0.4) is 0 Å². The number of carbonyl (C=O) groups excluding carboxylic acids is 1. The first kappa shape index (κ1) is 15.5. The predicted octanol–water partition coefficient (Wildman–Crippen LogP) is 1.93. The number of hydrogen-bond acceptors (Lipinski definition) is 6. The SMILES string of the molecule is O=C(Nc1nc2cc(OCC3CCCO3)ccn2n1)c1cccnc1. The van der Waals surface area contributed by atoms with Crippen LogP contribution in [0.2, 0.25) is 0 Å². The molecular formula is C17H17N5O3. The van der Waals surface area contributed by atoms with Crippen LogP contribution in [0, 0.1) is 0 Å². The molecule has 0 bridgehead atoms. The van der Waals surface area contributed by atoms with Crippen molar-refractivity contribution in [3.63, 3.8) is 0 Å². The Balaban J connectivity index is 1.45. The van der Waals surface area contributed by atoms with Crippen molar-refractivity contribution >= 4 is 17.5 Å². The number of fused-ring (bicyclic) bond motifs is 1. The first-order valence-corrected chi connectivity index (χ1v) is 8.10. The molecule has 25 heavy (non-hydrogen) atoms. The zero-order chi connectivity index (χ0) is 17.1. The van der Waals surface area contributed by atoms with Crippen LogP contribution < -0.4 is 10.1 Å². The van der Waals surface area contributed by atoms with Gasteiger partial charge in [0.25, 0.3) is 5.91 Å². The van der Waals surface area contributed by atoms with Crippen LogP contribution in [0.4, 0.5) is 5.95 Å². The Hall–Kier alpha value is -3.00. The number of aromatic nitrogens is 4. The normalized spacial score (nSPS) is 16.9. The lowest BCUT2D eigenvalue weighted by Gasteiger charge is -2.11. The average Bonchev–Trinajstić information content (AvgIpc) is 3.29. The predicted molar refractivity (Wildman–Crippen MR) is 89.6 cm³/mol. The second-order valence-electron chi connectivity index (χ2n) is 5.74. The molecule has 1 amide bonds. The highest BCUT2D eigenvalue weighted by Gasteiger charge is 2.16. The van der Waals surface area contributed by atoms with Gasteiger partial charge in [-0.1, -0.05) is 0 Å². The fraction of sp³-hybridized carbons (Fsp3) is 0.294.